The van der Waals surface area contributed by atoms with Gasteiger partial charge in [0.15, 0.2) is 0 Å². The molecule has 0 bridgehead atoms. The van der Waals surface area contributed by atoms with Gasteiger partial charge < -0.3 is 10.0 Å². The SMILES string of the molecule is CC(C)N1CCN(CC2CC2)C(=O)C1CC(=O)O. The number of nitrogens with zero attached hydrogens (tertiary/aromatic N) is 2. The number of amides is 1. The first-order valence-electron chi connectivity index (χ1n) is 6.75. The van der Waals surface area contributed by atoms with Crippen molar-refractivity contribution in [1.29, 1.82) is 0 Å². The molecule has 1 aliphatic heterocycles. The largest absolute Gasteiger partial charge is 0.481 e. The Balaban J connectivity index is 2.05. The molecule has 0 aromatic carbocycles. The molecule has 0 spiro atoms. The van der Waals surface area contributed by atoms with Gasteiger partial charge in [0.1, 0.15) is 6.04 Å². The molecule has 2 fully saturated rings. The maximum Gasteiger partial charge on any atom is 0.305 e. The van der Waals surface area contributed by atoms with Crippen LogP contribution in [-0.4, -0.2) is 58.5 Å². The van der Waals surface area contributed by atoms with Crippen LogP contribution >= 0.6 is 0 Å². The van der Waals surface area contributed by atoms with Gasteiger partial charge in [0.25, 0.3) is 0 Å². The lowest BCUT2D eigenvalue weighted by Crippen LogP contribution is -2.59. The van der Waals surface area contributed by atoms with Crippen molar-refractivity contribution in [3.8, 4) is 0 Å². The van der Waals surface area contributed by atoms with Gasteiger partial charge in [-0.25, -0.2) is 0 Å². The third kappa shape index (κ3) is 3.02. The number of carbonyl (C=O) groups excluding carboxylic acids is 1. The monoisotopic (exact) mass is 254 g/mol. The van der Waals surface area contributed by atoms with Gasteiger partial charge in [-0.1, -0.05) is 0 Å². The van der Waals surface area contributed by atoms with Crippen LogP contribution < -0.4 is 0 Å². The van der Waals surface area contributed by atoms with E-state index < -0.39 is 12.0 Å². The second-order valence-electron chi connectivity index (χ2n) is 5.67. The fourth-order valence-corrected chi connectivity index (χ4v) is 2.64. The van der Waals surface area contributed by atoms with E-state index in [-0.39, 0.29) is 18.4 Å². The molecule has 2 aliphatic rings. The molecule has 1 saturated carbocycles. The molecule has 1 saturated heterocycles. The topological polar surface area (TPSA) is 60.9 Å². The molecule has 1 atom stereocenters. The van der Waals surface area contributed by atoms with Crippen LogP contribution in [0, 0.1) is 5.92 Å². The molecule has 5 heteroatoms. The Labute approximate surface area is 108 Å². The van der Waals surface area contributed by atoms with Crippen molar-refractivity contribution < 1.29 is 14.7 Å². The Bertz CT molecular complexity index is 339. The van der Waals surface area contributed by atoms with Crippen molar-refractivity contribution in [2.24, 2.45) is 5.92 Å². The molecule has 0 radical (unpaired) electrons. The van der Waals surface area contributed by atoms with Gasteiger partial charge in [-0.05, 0) is 32.6 Å². The first kappa shape index (κ1) is 13.3. The van der Waals surface area contributed by atoms with Crippen molar-refractivity contribution in [1.82, 2.24) is 9.80 Å². The van der Waals surface area contributed by atoms with E-state index in [2.05, 4.69) is 0 Å². The normalized spacial score (nSPS) is 25.8. The summed E-state index contributed by atoms with van der Waals surface area (Å²) in [7, 11) is 0. The third-order valence-corrected chi connectivity index (χ3v) is 3.83. The van der Waals surface area contributed by atoms with Crippen molar-refractivity contribution >= 4 is 11.9 Å². The molecular formula is C13H22N2O3. The number of rotatable bonds is 5. The van der Waals surface area contributed by atoms with Crippen LogP contribution in [0.15, 0.2) is 0 Å². The minimum Gasteiger partial charge on any atom is -0.481 e. The Morgan fingerprint density at radius 1 is 1.39 bits per heavy atom. The second kappa shape index (κ2) is 5.26. The van der Waals surface area contributed by atoms with Crippen LogP contribution in [0.25, 0.3) is 0 Å². The quantitative estimate of drug-likeness (QED) is 0.788. The van der Waals surface area contributed by atoms with E-state index in [4.69, 9.17) is 5.11 Å². The highest BCUT2D eigenvalue weighted by Crippen LogP contribution is 2.31. The first-order chi connectivity index (χ1) is 8.49. The minimum absolute atomic E-state index is 0.00394. The van der Waals surface area contributed by atoms with E-state index in [1.165, 1.54) is 12.8 Å². The van der Waals surface area contributed by atoms with E-state index in [0.29, 0.717) is 5.92 Å². The van der Waals surface area contributed by atoms with Crippen LogP contribution in [0.1, 0.15) is 33.1 Å². The van der Waals surface area contributed by atoms with Crippen LogP contribution in [-0.2, 0) is 9.59 Å². The first-order valence-corrected chi connectivity index (χ1v) is 6.75. The van der Waals surface area contributed by atoms with Gasteiger partial charge in [0, 0.05) is 25.7 Å². The predicted octanol–water partition coefficient (Wildman–Crippen LogP) is 0.792. The lowest BCUT2D eigenvalue weighted by molar-refractivity contribution is -0.150. The summed E-state index contributed by atoms with van der Waals surface area (Å²) < 4.78 is 0. The Morgan fingerprint density at radius 2 is 2.06 bits per heavy atom. The van der Waals surface area contributed by atoms with Gasteiger partial charge in [-0.3, -0.25) is 14.5 Å². The molecule has 102 valence electrons. The van der Waals surface area contributed by atoms with Gasteiger partial charge >= 0.3 is 5.97 Å². The second-order valence-corrected chi connectivity index (χ2v) is 5.67. The zero-order chi connectivity index (χ0) is 13.3. The molecule has 0 aromatic rings. The van der Waals surface area contributed by atoms with Gasteiger partial charge in [-0.15, -0.1) is 0 Å². The average molecular weight is 254 g/mol. The van der Waals surface area contributed by atoms with Crippen molar-refractivity contribution in [2.75, 3.05) is 19.6 Å². The smallest absolute Gasteiger partial charge is 0.305 e. The van der Waals surface area contributed by atoms with E-state index in [1.807, 2.05) is 23.6 Å². The summed E-state index contributed by atoms with van der Waals surface area (Å²) in [6.45, 7) is 6.37. The molecule has 1 amide bonds. The summed E-state index contributed by atoms with van der Waals surface area (Å²) in [5, 5.41) is 8.97. The molecule has 1 N–H and O–H groups in total. The highest BCUT2D eigenvalue weighted by atomic mass is 16.4. The summed E-state index contributed by atoms with van der Waals surface area (Å²) >= 11 is 0. The summed E-state index contributed by atoms with van der Waals surface area (Å²) in [6.07, 6.45) is 2.33. The lowest BCUT2D eigenvalue weighted by Gasteiger charge is -2.42. The zero-order valence-corrected chi connectivity index (χ0v) is 11.1. The summed E-state index contributed by atoms with van der Waals surface area (Å²) in [6, 6.07) is -0.267. The van der Waals surface area contributed by atoms with Crippen LogP contribution in [0.2, 0.25) is 0 Å². The number of carboxylic acids is 1. The van der Waals surface area contributed by atoms with Gasteiger partial charge in [0.05, 0.1) is 6.42 Å². The predicted molar refractivity (Wildman–Crippen MR) is 67.2 cm³/mol. The van der Waals surface area contributed by atoms with Crippen LogP contribution in [0.3, 0.4) is 0 Å². The van der Waals surface area contributed by atoms with Crippen molar-refractivity contribution in [3.63, 3.8) is 0 Å². The molecule has 1 aliphatic carbocycles. The summed E-state index contributed by atoms with van der Waals surface area (Å²) in [4.78, 5) is 27.2. The fourth-order valence-electron chi connectivity index (χ4n) is 2.64. The standard InChI is InChI=1S/C13H22N2O3/c1-9(2)15-6-5-14(8-10-3-4-10)13(18)11(15)7-12(16)17/h9-11H,3-8H2,1-2H3,(H,16,17). The maximum absolute atomic E-state index is 12.4. The van der Waals surface area contributed by atoms with Crippen LogP contribution in [0.5, 0.6) is 0 Å². The Kier molecular flexibility index (Phi) is 3.90. The highest BCUT2D eigenvalue weighted by Gasteiger charge is 2.39. The average Bonchev–Trinajstić information content (AvgIpc) is 3.07. The highest BCUT2D eigenvalue weighted by molar-refractivity contribution is 5.87. The molecule has 0 aromatic heterocycles. The molecule has 5 nitrogen and oxygen atoms in total. The Morgan fingerprint density at radius 3 is 2.56 bits per heavy atom. The molecule has 1 heterocycles. The number of carbonyl (C=O) groups is 2. The van der Waals surface area contributed by atoms with E-state index in [0.717, 1.165) is 19.6 Å². The molecule has 2 rings (SSSR count). The summed E-state index contributed by atoms with van der Waals surface area (Å²) in [5.74, 6) is -0.235. The van der Waals surface area contributed by atoms with Gasteiger partial charge in [-0.2, -0.15) is 0 Å². The van der Waals surface area contributed by atoms with E-state index >= 15 is 0 Å². The lowest BCUT2D eigenvalue weighted by atomic mass is 10.0. The number of piperazine rings is 1. The maximum atomic E-state index is 12.4. The number of carboxylic acid groups (broad SMARTS) is 1. The molecule has 18 heavy (non-hydrogen) atoms. The zero-order valence-electron chi connectivity index (χ0n) is 11.1. The van der Waals surface area contributed by atoms with Crippen molar-refractivity contribution in [3.05, 3.63) is 0 Å². The van der Waals surface area contributed by atoms with E-state index in [1.54, 1.807) is 0 Å². The third-order valence-electron chi connectivity index (χ3n) is 3.83. The summed E-state index contributed by atoms with van der Waals surface area (Å²) in [5.41, 5.74) is 0. The minimum atomic E-state index is -0.896. The molecular weight excluding hydrogens is 232 g/mol. The number of hydrogen-bond donors (Lipinski definition) is 1. The molecule has 1 unspecified atom stereocenters. The fraction of sp³-hybridized carbons (Fsp3) is 0.846. The van der Waals surface area contributed by atoms with Crippen LogP contribution in [0.4, 0.5) is 0 Å². The van der Waals surface area contributed by atoms with Gasteiger partial charge in [0.2, 0.25) is 5.91 Å². The Hall–Kier alpha value is -1.10. The number of hydrogen-bond acceptors (Lipinski definition) is 3. The van der Waals surface area contributed by atoms with Crippen molar-refractivity contribution in [2.45, 2.75) is 45.2 Å². The van der Waals surface area contributed by atoms with E-state index in [9.17, 15) is 9.59 Å². The number of aliphatic carboxylic acids is 1.